The van der Waals surface area contributed by atoms with Crippen LogP contribution in [0.2, 0.25) is 0 Å². The lowest BCUT2D eigenvalue weighted by atomic mass is 9.78. The third-order valence-corrected chi connectivity index (χ3v) is 4.07. The largest absolute Gasteiger partial charge is 0.481 e. The topological polar surface area (TPSA) is 49.3 Å². The molecule has 0 amide bonds. The summed E-state index contributed by atoms with van der Waals surface area (Å²) in [5, 5.41) is 12.3. The van der Waals surface area contributed by atoms with E-state index in [9.17, 15) is 4.79 Å². The average Bonchev–Trinajstić information content (AvgIpc) is 2.34. The molecule has 3 heteroatoms. The van der Waals surface area contributed by atoms with Crippen molar-refractivity contribution in [2.75, 3.05) is 5.32 Å². The van der Waals surface area contributed by atoms with Crippen LogP contribution >= 0.6 is 0 Å². The molecule has 1 fully saturated rings. The van der Waals surface area contributed by atoms with Gasteiger partial charge >= 0.3 is 5.97 Å². The molecule has 0 saturated heterocycles. The van der Waals surface area contributed by atoms with Crippen molar-refractivity contribution in [2.24, 2.45) is 5.92 Å². The lowest BCUT2D eigenvalue weighted by Gasteiger charge is -2.34. The van der Waals surface area contributed by atoms with Crippen LogP contribution in [0.15, 0.2) is 24.3 Å². The van der Waals surface area contributed by atoms with Crippen molar-refractivity contribution in [1.29, 1.82) is 0 Å². The molecule has 1 atom stereocenters. The number of aryl methyl sites for hydroxylation is 1. The molecule has 104 valence electrons. The van der Waals surface area contributed by atoms with E-state index in [1.807, 2.05) is 12.1 Å². The number of hydrogen-bond donors (Lipinski definition) is 2. The number of carboxylic acid groups (broad SMARTS) is 1. The maximum absolute atomic E-state index is 10.6. The van der Waals surface area contributed by atoms with Gasteiger partial charge in [0.05, 0.1) is 0 Å². The first-order chi connectivity index (χ1) is 9.19. The second kappa shape index (κ2) is 6.60. The number of carboxylic acids is 1. The molecule has 1 aromatic carbocycles. The molecule has 1 aliphatic carbocycles. The fraction of sp³-hybridized carbons (Fsp3) is 0.562. The minimum absolute atomic E-state index is 0.198. The average molecular weight is 261 g/mol. The monoisotopic (exact) mass is 261 g/mol. The van der Waals surface area contributed by atoms with E-state index in [2.05, 4.69) is 24.4 Å². The molecule has 1 unspecified atom stereocenters. The van der Waals surface area contributed by atoms with E-state index >= 15 is 0 Å². The molecular weight excluding hydrogens is 238 g/mol. The van der Waals surface area contributed by atoms with E-state index in [0.29, 0.717) is 12.5 Å². The number of anilines is 1. The number of benzene rings is 1. The summed E-state index contributed by atoms with van der Waals surface area (Å²) in [6.07, 6.45) is 5.98. The number of rotatable bonds is 7. The minimum Gasteiger partial charge on any atom is -0.481 e. The highest BCUT2D eigenvalue weighted by Gasteiger charge is 2.25. The van der Waals surface area contributed by atoms with Crippen molar-refractivity contribution in [3.8, 4) is 0 Å². The molecule has 1 aliphatic rings. The molecule has 0 spiro atoms. The minimum atomic E-state index is -0.737. The quantitative estimate of drug-likeness (QED) is 0.787. The molecule has 0 aromatic heterocycles. The van der Waals surface area contributed by atoms with Gasteiger partial charge in [0.2, 0.25) is 0 Å². The summed E-state index contributed by atoms with van der Waals surface area (Å²) in [7, 11) is 0. The van der Waals surface area contributed by atoms with Crippen LogP contribution in [0.25, 0.3) is 0 Å². The number of hydrogen-bond acceptors (Lipinski definition) is 2. The Morgan fingerprint density at radius 3 is 2.84 bits per heavy atom. The van der Waals surface area contributed by atoms with Gasteiger partial charge in [0.15, 0.2) is 0 Å². The smallest absolute Gasteiger partial charge is 0.303 e. The highest BCUT2D eigenvalue weighted by molar-refractivity contribution is 5.67. The summed E-state index contributed by atoms with van der Waals surface area (Å²) in [5.74, 6) is 0.0759. The normalized spacial score (nSPS) is 16.7. The number of aliphatic carboxylic acids is 1. The van der Waals surface area contributed by atoms with Crippen LogP contribution in [0.4, 0.5) is 5.69 Å². The van der Waals surface area contributed by atoms with Crippen LogP contribution < -0.4 is 5.32 Å². The van der Waals surface area contributed by atoms with Crippen LogP contribution in [0.5, 0.6) is 0 Å². The van der Waals surface area contributed by atoms with Gasteiger partial charge in [-0.15, -0.1) is 0 Å². The molecular formula is C16H23NO2. The van der Waals surface area contributed by atoms with Crippen LogP contribution in [0, 0.1) is 5.92 Å². The maximum Gasteiger partial charge on any atom is 0.303 e. The van der Waals surface area contributed by atoms with Crippen molar-refractivity contribution in [3.63, 3.8) is 0 Å². The third kappa shape index (κ3) is 3.98. The summed E-state index contributed by atoms with van der Waals surface area (Å²) < 4.78 is 0. The van der Waals surface area contributed by atoms with Gasteiger partial charge in [0.25, 0.3) is 0 Å². The Labute approximate surface area is 115 Å². The second-order valence-electron chi connectivity index (χ2n) is 5.44. The molecule has 0 heterocycles. The maximum atomic E-state index is 10.6. The van der Waals surface area contributed by atoms with E-state index in [4.69, 9.17) is 5.11 Å². The van der Waals surface area contributed by atoms with Crippen LogP contribution in [0.1, 0.15) is 44.6 Å². The predicted molar refractivity (Wildman–Crippen MR) is 77.4 cm³/mol. The molecule has 19 heavy (non-hydrogen) atoms. The van der Waals surface area contributed by atoms with Crippen molar-refractivity contribution in [1.82, 2.24) is 0 Å². The highest BCUT2D eigenvalue weighted by Crippen LogP contribution is 2.32. The molecule has 1 aromatic rings. The zero-order valence-electron chi connectivity index (χ0n) is 11.6. The Bertz CT molecular complexity index is 427. The summed E-state index contributed by atoms with van der Waals surface area (Å²) in [6.45, 7) is 2.23. The molecule has 2 N–H and O–H groups in total. The first-order valence-corrected chi connectivity index (χ1v) is 7.26. The van der Waals surface area contributed by atoms with E-state index < -0.39 is 5.97 Å². The molecule has 0 bridgehead atoms. The summed E-state index contributed by atoms with van der Waals surface area (Å²) >= 11 is 0. The zero-order chi connectivity index (χ0) is 13.7. The first-order valence-electron chi connectivity index (χ1n) is 7.26. The fourth-order valence-electron chi connectivity index (χ4n) is 2.68. The SMILES string of the molecule is CCC(Nc1cccc(CCC(=O)O)c1)C1CCC1. The van der Waals surface area contributed by atoms with Gasteiger partial charge in [-0.05, 0) is 49.3 Å². The molecule has 0 aliphatic heterocycles. The predicted octanol–water partition coefficient (Wildman–Crippen LogP) is 3.69. The molecule has 2 rings (SSSR count). The summed E-state index contributed by atoms with van der Waals surface area (Å²) in [5.41, 5.74) is 2.22. The van der Waals surface area contributed by atoms with Gasteiger partial charge in [-0.3, -0.25) is 4.79 Å². The molecule has 3 nitrogen and oxygen atoms in total. The van der Waals surface area contributed by atoms with Crippen LogP contribution in [-0.4, -0.2) is 17.1 Å². The summed E-state index contributed by atoms with van der Waals surface area (Å²) in [4.78, 5) is 10.6. The van der Waals surface area contributed by atoms with Crippen molar-refractivity contribution >= 4 is 11.7 Å². The Balaban J connectivity index is 1.95. The van der Waals surface area contributed by atoms with Crippen molar-refractivity contribution < 1.29 is 9.90 Å². The summed E-state index contributed by atoms with van der Waals surface area (Å²) in [6, 6.07) is 8.73. The van der Waals surface area contributed by atoms with Crippen LogP contribution in [0.3, 0.4) is 0 Å². The van der Waals surface area contributed by atoms with Gasteiger partial charge in [0, 0.05) is 18.2 Å². The van der Waals surface area contributed by atoms with E-state index in [0.717, 1.165) is 23.6 Å². The second-order valence-corrected chi connectivity index (χ2v) is 5.44. The van der Waals surface area contributed by atoms with Crippen molar-refractivity contribution in [2.45, 2.75) is 51.5 Å². The third-order valence-electron chi connectivity index (χ3n) is 4.07. The van der Waals surface area contributed by atoms with Gasteiger partial charge in [-0.25, -0.2) is 0 Å². The first kappa shape index (κ1) is 13.9. The van der Waals surface area contributed by atoms with Crippen LogP contribution in [-0.2, 0) is 11.2 Å². The number of nitrogens with one attached hydrogen (secondary N) is 1. The van der Waals surface area contributed by atoms with Crippen molar-refractivity contribution in [3.05, 3.63) is 29.8 Å². The molecule has 0 radical (unpaired) electrons. The van der Waals surface area contributed by atoms with E-state index in [1.165, 1.54) is 19.3 Å². The van der Waals surface area contributed by atoms with Gasteiger partial charge in [-0.2, -0.15) is 0 Å². The Morgan fingerprint density at radius 1 is 1.47 bits per heavy atom. The molecule has 1 saturated carbocycles. The zero-order valence-corrected chi connectivity index (χ0v) is 11.6. The van der Waals surface area contributed by atoms with Gasteiger partial charge in [0.1, 0.15) is 0 Å². The Morgan fingerprint density at radius 2 is 2.26 bits per heavy atom. The lowest BCUT2D eigenvalue weighted by molar-refractivity contribution is -0.136. The van der Waals surface area contributed by atoms with E-state index in [1.54, 1.807) is 0 Å². The Hall–Kier alpha value is -1.51. The lowest BCUT2D eigenvalue weighted by Crippen LogP contribution is -2.33. The Kier molecular flexibility index (Phi) is 4.83. The van der Waals surface area contributed by atoms with Gasteiger partial charge < -0.3 is 10.4 Å². The van der Waals surface area contributed by atoms with Gasteiger partial charge in [-0.1, -0.05) is 25.5 Å². The fourth-order valence-corrected chi connectivity index (χ4v) is 2.68. The number of carbonyl (C=O) groups is 1. The standard InChI is InChI=1S/C16H23NO2/c1-2-15(13-6-4-7-13)17-14-8-3-5-12(11-14)9-10-16(18)19/h3,5,8,11,13,15,17H,2,4,6-7,9-10H2,1H3,(H,18,19). The highest BCUT2D eigenvalue weighted by atomic mass is 16.4. The van der Waals surface area contributed by atoms with E-state index in [-0.39, 0.29) is 6.42 Å².